The molecule has 0 bridgehead atoms. The number of benzene rings is 4. The van der Waals surface area contributed by atoms with Gasteiger partial charge in [0.15, 0.2) is 0 Å². The summed E-state index contributed by atoms with van der Waals surface area (Å²) in [7, 11) is 4.81. The van der Waals surface area contributed by atoms with Crippen molar-refractivity contribution in [2.45, 2.75) is 58.3 Å². The van der Waals surface area contributed by atoms with E-state index in [1.54, 1.807) is 0 Å². The van der Waals surface area contributed by atoms with Gasteiger partial charge in [0.2, 0.25) is 0 Å². The first-order valence-electron chi connectivity index (χ1n) is 15.0. The first-order valence-corrected chi connectivity index (χ1v) is 15.0. The van der Waals surface area contributed by atoms with Crippen molar-refractivity contribution in [2.75, 3.05) is 14.1 Å². The number of nitrogens with zero attached hydrogens (tertiary/aromatic N) is 2. The predicted octanol–water partition coefficient (Wildman–Crippen LogP) is 8.70. The van der Waals surface area contributed by atoms with Gasteiger partial charge in [-0.1, -0.05) is 119 Å². The molecule has 0 amide bonds. The molecule has 7 rings (SSSR count). The SMILES string of the molecule is Cc1ccc([C@@H]2[C@H]3C[C@H]4[C@H](c5ccc(C)cc5)N(C)[C@@H](c5ccc(C)cc5)C34[C@H](c3ccc(C)cc3)N2C)cc1. The molecule has 0 radical (unpaired) electrons. The summed E-state index contributed by atoms with van der Waals surface area (Å²) in [4.78, 5) is 5.51. The van der Waals surface area contributed by atoms with Gasteiger partial charge in [0.1, 0.15) is 0 Å². The maximum atomic E-state index is 2.76. The van der Waals surface area contributed by atoms with Crippen LogP contribution in [0.4, 0.5) is 0 Å². The van der Waals surface area contributed by atoms with E-state index in [-0.39, 0.29) is 5.41 Å². The molecule has 40 heavy (non-hydrogen) atoms. The topological polar surface area (TPSA) is 6.48 Å². The standard InChI is InChI=1S/C38H42N2/c1-24-7-15-28(16-8-24)34-32-23-33-35(29-17-9-25(2)10-18-29)40(6)37(31-21-13-27(4)14-22-31)38(32,33)36(39(34)5)30-19-11-26(3)12-20-30/h7-22,32-37H,23H2,1-6H3/t32-,33+,34-,35+,36-,37-,38?/m0/s1. The quantitative estimate of drug-likeness (QED) is 0.262. The Hall–Kier alpha value is -3.20. The zero-order valence-corrected chi connectivity index (χ0v) is 24.8. The van der Waals surface area contributed by atoms with Crippen LogP contribution < -0.4 is 0 Å². The van der Waals surface area contributed by atoms with E-state index in [0.29, 0.717) is 36.0 Å². The average molecular weight is 527 g/mol. The molecule has 7 atom stereocenters. The molecule has 3 aliphatic rings. The predicted molar refractivity (Wildman–Crippen MR) is 165 cm³/mol. The summed E-state index contributed by atoms with van der Waals surface area (Å²) in [5.41, 5.74) is 11.3. The lowest BCUT2D eigenvalue weighted by molar-refractivity contribution is -0.0458. The molecule has 1 aliphatic carbocycles. The molecule has 2 heterocycles. The number of aryl methyl sites for hydroxylation is 4. The van der Waals surface area contributed by atoms with Gasteiger partial charge in [0.05, 0.1) is 0 Å². The van der Waals surface area contributed by atoms with E-state index in [2.05, 4.69) is 149 Å². The molecule has 2 aliphatic heterocycles. The van der Waals surface area contributed by atoms with Crippen LogP contribution in [0.2, 0.25) is 0 Å². The summed E-state index contributed by atoms with van der Waals surface area (Å²) >= 11 is 0. The zero-order chi connectivity index (χ0) is 27.8. The van der Waals surface area contributed by atoms with Crippen LogP contribution in [0.1, 0.15) is 75.1 Å². The highest BCUT2D eigenvalue weighted by Gasteiger charge is 2.77. The molecule has 0 aromatic heterocycles. The van der Waals surface area contributed by atoms with Crippen molar-refractivity contribution in [3.05, 3.63) is 142 Å². The summed E-state index contributed by atoms with van der Waals surface area (Å²) in [5.74, 6) is 1.17. The molecule has 1 unspecified atom stereocenters. The second-order valence-electron chi connectivity index (χ2n) is 13.1. The van der Waals surface area contributed by atoms with Gasteiger partial charge < -0.3 is 0 Å². The molecular weight excluding hydrogens is 484 g/mol. The molecule has 1 saturated carbocycles. The molecule has 0 N–H and O–H groups in total. The summed E-state index contributed by atoms with van der Waals surface area (Å²) in [5, 5.41) is 0. The molecule has 4 aromatic carbocycles. The lowest BCUT2D eigenvalue weighted by Crippen LogP contribution is -2.51. The summed E-state index contributed by atoms with van der Waals surface area (Å²) in [6, 6.07) is 39.2. The van der Waals surface area contributed by atoms with Gasteiger partial charge in [-0.2, -0.15) is 0 Å². The van der Waals surface area contributed by atoms with Crippen LogP contribution in [0.5, 0.6) is 0 Å². The Morgan fingerprint density at radius 2 is 0.725 bits per heavy atom. The van der Waals surface area contributed by atoms with Gasteiger partial charge in [-0.15, -0.1) is 0 Å². The van der Waals surface area contributed by atoms with E-state index in [1.807, 2.05) is 0 Å². The first kappa shape index (κ1) is 25.7. The third-order valence-corrected chi connectivity index (χ3v) is 10.8. The van der Waals surface area contributed by atoms with E-state index in [0.717, 1.165) is 0 Å². The fraction of sp³-hybridized carbons (Fsp3) is 0.368. The smallest absolute Gasteiger partial charge is 0.0432 e. The van der Waals surface area contributed by atoms with Gasteiger partial charge in [0, 0.05) is 29.6 Å². The summed E-state index contributed by atoms with van der Waals surface area (Å²) < 4.78 is 0. The number of likely N-dealkylation sites (tertiary alicyclic amines) is 2. The van der Waals surface area contributed by atoms with Crippen molar-refractivity contribution < 1.29 is 0 Å². The molecule has 4 aromatic rings. The third kappa shape index (κ3) is 3.62. The summed E-state index contributed by atoms with van der Waals surface area (Å²) in [6.07, 6.45) is 1.26. The minimum Gasteiger partial charge on any atom is -0.291 e. The third-order valence-electron chi connectivity index (χ3n) is 10.8. The van der Waals surface area contributed by atoms with Gasteiger partial charge in [-0.05, 0) is 82.3 Å². The van der Waals surface area contributed by atoms with Gasteiger partial charge in [-0.3, -0.25) is 9.80 Å². The van der Waals surface area contributed by atoms with Crippen LogP contribution >= 0.6 is 0 Å². The van der Waals surface area contributed by atoms with Gasteiger partial charge in [0.25, 0.3) is 0 Å². The van der Waals surface area contributed by atoms with Crippen molar-refractivity contribution in [3.63, 3.8) is 0 Å². The highest BCUT2D eigenvalue weighted by molar-refractivity contribution is 5.44. The fourth-order valence-corrected chi connectivity index (χ4v) is 9.16. The fourth-order valence-electron chi connectivity index (χ4n) is 9.16. The van der Waals surface area contributed by atoms with Crippen LogP contribution in [0.3, 0.4) is 0 Å². The Balaban J connectivity index is 1.46. The van der Waals surface area contributed by atoms with Crippen LogP contribution in [0.15, 0.2) is 97.1 Å². The molecule has 1 spiro atoms. The van der Waals surface area contributed by atoms with Crippen LogP contribution in [0, 0.1) is 44.9 Å². The highest BCUT2D eigenvalue weighted by atomic mass is 15.3. The zero-order valence-electron chi connectivity index (χ0n) is 24.8. The van der Waals surface area contributed by atoms with Crippen LogP contribution in [-0.2, 0) is 0 Å². The summed E-state index contributed by atoms with van der Waals surface area (Å²) in [6.45, 7) is 8.81. The second-order valence-corrected chi connectivity index (χ2v) is 13.1. The monoisotopic (exact) mass is 526 g/mol. The number of hydrogen-bond donors (Lipinski definition) is 0. The number of rotatable bonds is 4. The Morgan fingerprint density at radius 3 is 1.02 bits per heavy atom. The minimum absolute atomic E-state index is 0.110. The normalized spacial score (nSPS) is 31.6. The van der Waals surface area contributed by atoms with Crippen molar-refractivity contribution >= 4 is 0 Å². The second kappa shape index (κ2) is 9.43. The van der Waals surface area contributed by atoms with E-state index in [4.69, 9.17) is 0 Å². The van der Waals surface area contributed by atoms with Crippen molar-refractivity contribution in [1.82, 2.24) is 9.80 Å². The molecule has 2 saturated heterocycles. The van der Waals surface area contributed by atoms with E-state index in [9.17, 15) is 0 Å². The first-order chi connectivity index (χ1) is 19.3. The highest BCUT2D eigenvalue weighted by Crippen LogP contribution is 2.81. The van der Waals surface area contributed by atoms with Crippen molar-refractivity contribution in [2.24, 2.45) is 17.3 Å². The maximum absolute atomic E-state index is 2.76. The van der Waals surface area contributed by atoms with E-state index in [1.165, 1.54) is 50.9 Å². The molecular formula is C38H42N2. The minimum atomic E-state index is 0.110. The largest absolute Gasteiger partial charge is 0.291 e. The Bertz CT molecular complexity index is 1380. The lowest BCUT2D eigenvalue weighted by atomic mass is 9.46. The molecule has 2 nitrogen and oxygen atoms in total. The number of hydrogen-bond acceptors (Lipinski definition) is 2. The van der Waals surface area contributed by atoms with Crippen LogP contribution in [-0.4, -0.2) is 23.9 Å². The maximum Gasteiger partial charge on any atom is 0.0432 e. The average Bonchev–Trinajstić information content (AvgIpc) is 3.25. The molecule has 2 heteroatoms. The van der Waals surface area contributed by atoms with Gasteiger partial charge in [-0.25, -0.2) is 0 Å². The van der Waals surface area contributed by atoms with Crippen molar-refractivity contribution in [3.8, 4) is 0 Å². The lowest BCUT2D eigenvalue weighted by Gasteiger charge is -2.55. The Labute approximate surface area is 240 Å². The molecule has 204 valence electrons. The van der Waals surface area contributed by atoms with E-state index < -0.39 is 0 Å². The molecule has 3 fully saturated rings. The Kier molecular flexibility index (Phi) is 6.07. The van der Waals surface area contributed by atoms with Crippen LogP contribution in [0.25, 0.3) is 0 Å². The van der Waals surface area contributed by atoms with Crippen molar-refractivity contribution in [1.29, 1.82) is 0 Å². The van der Waals surface area contributed by atoms with E-state index >= 15 is 0 Å². The van der Waals surface area contributed by atoms with Gasteiger partial charge >= 0.3 is 0 Å². The Morgan fingerprint density at radius 1 is 0.450 bits per heavy atom.